The molecule has 0 aromatic rings. The molecule has 1 rings (SSSR count). The maximum Gasteiger partial charge on any atom is 0.0343 e. The molecule has 0 unspecified atom stereocenters. The van der Waals surface area contributed by atoms with Crippen molar-refractivity contribution in [2.75, 3.05) is 0 Å². The van der Waals surface area contributed by atoms with E-state index in [1.54, 1.807) is 0 Å². The first-order valence-corrected chi connectivity index (χ1v) is 3.12. The van der Waals surface area contributed by atoms with Crippen molar-refractivity contribution < 1.29 is 0 Å². The first-order valence-electron chi connectivity index (χ1n) is 3.12. The number of hydrogen-bond donors (Lipinski definition) is 1. The van der Waals surface area contributed by atoms with Crippen molar-refractivity contribution in [1.29, 1.82) is 0 Å². The van der Waals surface area contributed by atoms with Gasteiger partial charge < -0.3 is 5.73 Å². The Labute approximate surface area is 55.6 Å². The van der Waals surface area contributed by atoms with Crippen LogP contribution in [0.15, 0.2) is 36.1 Å². The minimum Gasteiger partial charge on any atom is -0.399 e. The summed E-state index contributed by atoms with van der Waals surface area (Å²) < 4.78 is 0. The number of rotatable bonds is 1. The van der Waals surface area contributed by atoms with Crippen LogP contribution in [0.3, 0.4) is 0 Å². The van der Waals surface area contributed by atoms with Crippen LogP contribution in [0.2, 0.25) is 0 Å². The lowest BCUT2D eigenvalue weighted by molar-refractivity contribution is 0.964. The third kappa shape index (κ3) is 1.22. The Bertz CT molecular complexity index is 175. The van der Waals surface area contributed by atoms with Gasteiger partial charge in [-0.15, -0.1) is 0 Å². The Morgan fingerprint density at radius 2 is 2.44 bits per heavy atom. The zero-order valence-corrected chi connectivity index (χ0v) is 5.43. The molecule has 0 amide bonds. The molecule has 0 atom stereocenters. The van der Waals surface area contributed by atoms with E-state index in [-0.39, 0.29) is 0 Å². The predicted molar refractivity (Wildman–Crippen MR) is 39.8 cm³/mol. The molecule has 0 radical (unpaired) electrons. The molecule has 2 N–H and O–H groups in total. The molecule has 1 aliphatic carbocycles. The summed E-state index contributed by atoms with van der Waals surface area (Å²) in [5.41, 5.74) is 7.66. The Balaban J connectivity index is 2.84. The van der Waals surface area contributed by atoms with Gasteiger partial charge in [0.15, 0.2) is 0 Å². The van der Waals surface area contributed by atoms with Crippen LogP contribution in [-0.2, 0) is 0 Å². The highest BCUT2D eigenvalue weighted by atomic mass is 14.6. The van der Waals surface area contributed by atoms with Crippen LogP contribution in [0, 0.1) is 0 Å². The average Bonchev–Trinajstić information content (AvgIpc) is 1.89. The zero-order valence-electron chi connectivity index (χ0n) is 5.43. The van der Waals surface area contributed by atoms with Gasteiger partial charge in [-0.3, -0.25) is 0 Å². The number of hydrogen-bond acceptors (Lipinski definition) is 1. The van der Waals surface area contributed by atoms with Crippen molar-refractivity contribution >= 4 is 0 Å². The molecule has 0 aromatic heterocycles. The van der Waals surface area contributed by atoms with Gasteiger partial charge in [0.25, 0.3) is 0 Å². The lowest BCUT2D eigenvalue weighted by Gasteiger charge is -2.06. The molecule has 0 spiro atoms. The summed E-state index contributed by atoms with van der Waals surface area (Å²) in [4.78, 5) is 0. The van der Waals surface area contributed by atoms with Crippen molar-refractivity contribution in [2.45, 2.75) is 12.8 Å². The third-order valence-electron chi connectivity index (χ3n) is 1.49. The molecule has 1 heteroatoms. The SMILES string of the molecule is C=CC1=C(N)C=CCC1. The summed E-state index contributed by atoms with van der Waals surface area (Å²) in [5, 5.41) is 0. The van der Waals surface area contributed by atoms with Crippen LogP contribution in [0.1, 0.15) is 12.8 Å². The van der Waals surface area contributed by atoms with E-state index in [0.717, 1.165) is 18.5 Å². The second-order valence-electron chi connectivity index (χ2n) is 2.13. The van der Waals surface area contributed by atoms with Gasteiger partial charge in [0.1, 0.15) is 0 Å². The summed E-state index contributed by atoms with van der Waals surface area (Å²) in [6, 6.07) is 0. The van der Waals surface area contributed by atoms with E-state index < -0.39 is 0 Å². The Morgan fingerprint density at radius 1 is 1.67 bits per heavy atom. The maximum atomic E-state index is 5.61. The Hall–Kier alpha value is -0.980. The summed E-state index contributed by atoms with van der Waals surface area (Å²) in [5.74, 6) is 0. The molecule has 1 aliphatic rings. The van der Waals surface area contributed by atoms with Crippen molar-refractivity contribution in [2.24, 2.45) is 5.73 Å². The normalized spacial score (nSPS) is 18.2. The fourth-order valence-corrected chi connectivity index (χ4v) is 0.920. The Morgan fingerprint density at radius 3 is 2.89 bits per heavy atom. The molecule has 1 nitrogen and oxygen atoms in total. The topological polar surface area (TPSA) is 26.0 Å². The maximum absolute atomic E-state index is 5.61. The molecule has 0 saturated heterocycles. The standard InChI is InChI=1S/C8H11N/c1-2-7-5-3-4-6-8(7)9/h2,4,6H,1,3,5,9H2. The molecule has 0 aromatic carbocycles. The van der Waals surface area contributed by atoms with E-state index in [9.17, 15) is 0 Å². The van der Waals surface area contributed by atoms with Crippen LogP contribution in [0.5, 0.6) is 0 Å². The van der Waals surface area contributed by atoms with E-state index in [0.29, 0.717) is 0 Å². The summed E-state index contributed by atoms with van der Waals surface area (Å²) in [7, 11) is 0. The van der Waals surface area contributed by atoms with Crippen LogP contribution < -0.4 is 5.73 Å². The highest BCUT2D eigenvalue weighted by molar-refractivity contribution is 5.32. The van der Waals surface area contributed by atoms with E-state index in [2.05, 4.69) is 12.7 Å². The van der Waals surface area contributed by atoms with Gasteiger partial charge in [0, 0.05) is 5.70 Å². The van der Waals surface area contributed by atoms with E-state index in [1.165, 1.54) is 5.57 Å². The summed E-state index contributed by atoms with van der Waals surface area (Å²) in [6.45, 7) is 3.66. The van der Waals surface area contributed by atoms with Gasteiger partial charge in [-0.25, -0.2) is 0 Å². The van der Waals surface area contributed by atoms with E-state index in [4.69, 9.17) is 5.73 Å². The second kappa shape index (κ2) is 2.53. The molecular formula is C8H11N. The zero-order chi connectivity index (χ0) is 6.69. The van der Waals surface area contributed by atoms with E-state index in [1.807, 2.05) is 12.2 Å². The smallest absolute Gasteiger partial charge is 0.0343 e. The van der Waals surface area contributed by atoms with Gasteiger partial charge in [-0.1, -0.05) is 18.7 Å². The van der Waals surface area contributed by atoms with Crippen molar-refractivity contribution in [3.8, 4) is 0 Å². The second-order valence-corrected chi connectivity index (χ2v) is 2.13. The van der Waals surface area contributed by atoms with Crippen LogP contribution >= 0.6 is 0 Å². The van der Waals surface area contributed by atoms with Gasteiger partial charge >= 0.3 is 0 Å². The fraction of sp³-hybridized carbons (Fsp3) is 0.250. The van der Waals surface area contributed by atoms with Gasteiger partial charge in [-0.05, 0) is 24.5 Å². The van der Waals surface area contributed by atoms with Gasteiger partial charge in [0.05, 0.1) is 0 Å². The minimum atomic E-state index is 0.872. The quantitative estimate of drug-likeness (QED) is 0.561. The third-order valence-corrected chi connectivity index (χ3v) is 1.49. The molecule has 0 bridgehead atoms. The Kier molecular flexibility index (Phi) is 1.73. The number of nitrogens with two attached hydrogens (primary N) is 1. The fourth-order valence-electron chi connectivity index (χ4n) is 0.920. The van der Waals surface area contributed by atoms with Crippen LogP contribution in [0.4, 0.5) is 0 Å². The largest absolute Gasteiger partial charge is 0.399 e. The summed E-state index contributed by atoms with van der Waals surface area (Å²) >= 11 is 0. The van der Waals surface area contributed by atoms with Gasteiger partial charge in [0.2, 0.25) is 0 Å². The first-order chi connectivity index (χ1) is 4.34. The molecule has 0 fully saturated rings. The monoisotopic (exact) mass is 121 g/mol. The first kappa shape index (κ1) is 6.14. The van der Waals surface area contributed by atoms with Crippen molar-refractivity contribution in [3.63, 3.8) is 0 Å². The molecular weight excluding hydrogens is 110 g/mol. The molecule has 0 saturated carbocycles. The van der Waals surface area contributed by atoms with Crippen molar-refractivity contribution in [1.82, 2.24) is 0 Å². The highest BCUT2D eigenvalue weighted by Gasteiger charge is 1.99. The van der Waals surface area contributed by atoms with Crippen molar-refractivity contribution in [3.05, 3.63) is 36.1 Å². The van der Waals surface area contributed by atoms with Crippen LogP contribution in [-0.4, -0.2) is 0 Å². The van der Waals surface area contributed by atoms with Crippen LogP contribution in [0.25, 0.3) is 0 Å². The highest BCUT2D eigenvalue weighted by Crippen LogP contribution is 2.15. The summed E-state index contributed by atoms with van der Waals surface area (Å²) in [6.07, 6.45) is 8.01. The molecule has 9 heavy (non-hydrogen) atoms. The average molecular weight is 121 g/mol. The minimum absolute atomic E-state index is 0.872. The lowest BCUT2D eigenvalue weighted by atomic mass is 10.0. The molecule has 0 aliphatic heterocycles. The number of allylic oxidation sites excluding steroid dienone is 4. The molecule has 48 valence electrons. The van der Waals surface area contributed by atoms with Gasteiger partial charge in [-0.2, -0.15) is 0 Å². The lowest BCUT2D eigenvalue weighted by Crippen LogP contribution is -2.00. The predicted octanol–water partition coefficient (Wildman–Crippen LogP) is 1.74. The van der Waals surface area contributed by atoms with E-state index >= 15 is 0 Å². The molecule has 0 heterocycles.